The summed E-state index contributed by atoms with van der Waals surface area (Å²) in [6.07, 6.45) is 2.26. The number of halogens is 2. The monoisotopic (exact) mass is 394 g/mol. The van der Waals surface area contributed by atoms with Crippen molar-refractivity contribution in [3.05, 3.63) is 21.0 Å². The maximum atomic E-state index is 5.91. The summed E-state index contributed by atoms with van der Waals surface area (Å²) in [4.78, 5) is 2.29. The minimum atomic E-state index is 0.116. The molecule has 6 heteroatoms. The van der Waals surface area contributed by atoms with Gasteiger partial charge in [-0.3, -0.25) is 4.90 Å². The van der Waals surface area contributed by atoms with Crippen LogP contribution in [-0.4, -0.2) is 38.3 Å². The lowest BCUT2D eigenvalue weighted by molar-refractivity contribution is 0.0492. The van der Waals surface area contributed by atoms with Crippen LogP contribution in [0.4, 0.5) is 0 Å². The highest BCUT2D eigenvalue weighted by Gasteiger charge is 2.24. The third-order valence-corrected chi connectivity index (χ3v) is 5.35. The average molecular weight is 396 g/mol. The van der Waals surface area contributed by atoms with Crippen LogP contribution in [0.25, 0.3) is 0 Å². The first-order chi connectivity index (χ1) is 9.11. The predicted molar refractivity (Wildman–Crippen MR) is 82.1 cm³/mol. The molecule has 0 radical (unpaired) electrons. The summed E-state index contributed by atoms with van der Waals surface area (Å²) in [7, 11) is 2.11. The van der Waals surface area contributed by atoms with Gasteiger partial charge in [-0.05, 0) is 63.7 Å². The van der Waals surface area contributed by atoms with E-state index in [9.17, 15) is 0 Å². The molecule has 1 aliphatic rings. The van der Waals surface area contributed by atoms with E-state index in [0.29, 0.717) is 12.5 Å². The van der Waals surface area contributed by atoms with E-state index in [1.165, 1.54) is 0 Å². The zero-order chi connectivity index (χ0) is 13.8. The Morgan fingerprint density at radius 2 is 2.11 bits per heavy atom. The topological polar surface area (TPSA) is 51.6 Å². The maximum absolute atomic E-state index is 5.91. The molecule has 2 N–H and O–H groups in total. The van der Waals surface area contributed by atoms with Gasteiger partial charge in [0.25, 0.3) is 0 Å². The van der Waals surface area contributed by atoms with E-state index in [2.05, 4.69) is 43.8 Å². The van der Waals surface area contributed by atoms with Crippen LogP contribution < -0.4 is 5.73 Å². The number of furan rings is 1. The van der Waals surface area contributed by atoms with Crippen LogP contribution in [0, 0.1) is 5.92 Å². The van der Waals surface area contributed by atoms with Crippen LogP contribution in [0.2, 0.25) is 0 Å². The van der Waals surface area contributed by atoms with E-state index in [-0.39, 0.29) is 6.04 Å². The number of rotatable bonds is 5. The number of ether oxygens (including phenoxy) is 1. The second kappa shape index (κ2) is 7.22. The summed E-state index contributed by atoms with van der Waals surface area (Å²) in [5, 5.41) is 0. The zero-order valence-corrected chi connectivity index (χ0v) is 14.2. The summed E-state index contributed by atoms with van der Waals surface area (Å²) < 4.78 is 12.8. The first kappa shape index (κ1) is 15.5. The standard InChI is InChI=1S/C13H20Br2N2O2/c1-17(8-9-2-4-18-5-3-9)11(7-16)12-6-10(14)13(15)19-12/h6,9,11H,2-5,7-8,16H2,1H3. The molecule has 0 saturated carbocycles. The minimum absolute atomic E-state index is 0.116. The van der Waals surface area contributed by atoms with E-state index < -0.39 is 0 Å². The van der Waals surface area contributed by atoms with Gasteiger partial charge in [0.1, 0.15) is 5.76 Å². The van der Waals surface area contributed by atoms with E-state index >= 15 is 0 Å². The third kappa shape index (κ3) is 4.04. The van der Waals surface area contributed by atoms with Gasteiger partial charge in [-0.15, -0.1) is 0 Å². The molecule has 1 fully saturated rings. The molecule has 2 rings (SSSR count). The Labute approximate surface area is 130 Å². The molecule has 1 atom stereocenters. The highest BCUT2D eigenvalue weighted by atomic mass is 79.9. The molecule has 19 heavy (non-hydrogen) atoms. The van der Waals surface area contributed by atoms with E-state index in [4.69, 9.17) is 14.9 Å². The first-order valence-corrected chi connectivity index (χ1v) is 8.13. The van der Waals surface area contributed by atoms with E-state index in [1.807, 2.05) is 6.07 Å². The highest BCUT2D eigenvalue weighted by molar-refractivity contribution is 9.13. The van der Waals surface area contributed by atoms with Crippen molar-refractivity contribution in [3.8, 4) is 0 Å². The molecule has 1 saturated heterocycles. The minimum Gasteiger partial charge on any atom is -0.451 e. The van der Waals surface area contributed by atoms with Crippen molar-refractivity contribution in [1.82, 2.24) is 4.90 Å². The average Bonchev–Trinajstić information content (AvgIpc) is 2.71. The molecule has 4 nitrogen and oxygen atoms in total. The quantitative estimate of drug-likeness (QED) is 0.831. The van der Waals surface area contributed by atoms with Crippen molar-refractivity contribution in [3.63, 3.8) is 0 Å². The van der Waals surface area contributed by atoms with Gasteiger partial charge in [0.05, 0.1) is 10.5 Å². The smallest absolute Gasteiger partial charge is 0.183 e. The number of hydrogen-bond acceptors (Lipinski definition) is 4. The van der Waals surface area contributed by atoms with Crippen molar-refractivity contribution >= 4 is 31.9 Å². The van der Waals surface area contributed by atoms with Gasteiger partial charge in [0.15, 0.2) is 4.67 Å². The number of hydrogen-bond donors (Lipinski definition) is 1. The fraction of sp³-hybridized carbons (Fsp3) is 0.692. The summed E-state index contributed by atoms with van der Waals surface area (Å²) in [5.74, 6) is 1.59. The summed E-state index contributed by atoms with van der Waals surface area (Å²) in [5.41, 5.74) is 5.91. The largest absolute Gasteiger partial charge is 0.451 e. The molecule has 0 aliphatic carbocycles. The van der Waals surface area contributed by atoms with Crippen LogP contribution in [0.15, 0.2) is 19.6 Å². The second-order valence-corrected chi connectivity index (χ2v) is 6.59. The summed E-state index contributed by atoms with van der Waals surface area (Å²) >= 11 is 6.82. The van der Waals surface area contributed by atoms with Crippen molar-refractivity contribution < 1.29 is 9.15 Å². The number of likely N-dealkylation sites (N-methyl/N-ethyl adjacent to an activating group) is 1. The Morgan fingerprint density at radius 3 is 2.63 bits per heavy atom. The van der Waals surface area contributed by atoms with Crippen LogP contribution in [0.1, 0.15) is 24.6 Å². The Kier molecular flexibility index (Phi) is 5.89. The lowest BCUT2D eigenvalue weighted by Crippen LogP contribution is -2.35. The number of nitrogens with two attached hydrogens (primary N) is 1. The van der Waals surface area contributed by atoms with Gasteiger partial charge in [-0.1, -0.05) is 0 Å². The van der Waals surface area contributed by atoms with Gasteiger partial charge in [0, 0.05) is 26.3 Å². The van der Waals surface area contributed by atoms with Gasteiger partial charge in [-0.25, -0.2) is 0 Å². The SMILES string of the molecule is CN(CC1CCOCC1)C(CN)c1cc(Br)c(Br)o1. The Hall–Kier alpha value is 0.120. The Morgan fingerprint density at radius 1 is 1.42 bits per heavy atom. The molecule has 0 spiro atoms. The van der Waals surface area contributed by atoms with Gasteiger partial charge in [-0.2, -0.15) is 0 Å². The lowest BCUT2D eigenvalue weighted by Gasteiger charge is -2.31. The van der Waals surface area contributed by atoms with Crippen molar-refractivity contribution in [2.24, 2.45) is 11.7 Å². The van der Waals surface area contributed by atoms with Gasteiger partial charge >= 0.3 is 0 Å². The second-order valence-electron chi connectivity index (χ2n) is 5.02. The summed E-state index contributed by atoms with van der Waals surface area (Å²) in [6, 6.07) is 2.10. The van der Waals surface area contributed by atoms with Gasteiger partial charge in [0.2, 0.25) is 0 Å². The molecule has 1 aromatic heterocycles. The van der Waals surface area contributed by atoms with E-state index in [0.717, 1.165) is 47.5 Å². The fourth-order valence-corrected chi connectivity index (χ4v) is 3.11. The highest BCUT2D eigenvalue weighted by Crippen LogP contribution is 2.32. The third-order valence-electron chi connectivity index (χ3n) is 3.64. The van der Waals surface area contributed by atoms with Crippen LogP contribution in [-0.2, 0) is 4.74 Å². The molecular weight excluding hydrogens is 376 g/mol. The van der Waals surface area contributed by atoms with Crippen LogP contribution in [0.5, 0.6) is 0 Å². The van der Waals surface area contributed by atoms with Gasteiger partial charge < -0.3 is 14.9 Å². The molecule has 0 amide bonds. The van der Waals surface area contributed by atoms with Crippen molar-refractivity contribution in [2.45, 2.75) is 18.9 Å². The van der Waals surface area contributed by atoms with Crippen molar-refractivity contribution in [2.75, 3.05) is 33.4 Å². The molecule has 0 aromatic carbocycles. The molecule has 108 valence electrons. The molecule has 2 heterocycles. The Bertz CT molecular complexity index is 386. The maximum Gasteiger partial charge on any atom is 0.183 e. The lowest BCUT2D eigenvalue weighted by atomic mass is 9.99. The molecule has 0 bridgehead atoms. The molecule has 1 aliphatic heterocycles. The molecular formula is C13H20Br2N2O2. The van der Waals surface area contributed by atoms with Crippen LogP contribution in [0.3, 0.4) is 0 Å². The predicted octanol–water partition coefficient (Wildman–Crippen LogP) is 3.16. The molecule has 1 aromatic rings. The van der Waals surface area contributed by atoms with Crippen LogP contribution >= 0.6 is 31.9 Å². The summed E-state index contributed by atoms with van der Waals surface area (Å²) in [6.45, 7) is 3.33. The number of nitrogens with zero attached hydrogens (tertiary/aromatic N) is 1. The fourth-order valence-electron chi connectivity index (χ4n) is 2.50. The molecule has 1 unspecified atom stereocenters. The normalized spacial score (nSPS) is 19.0. The zero-order valence-electron chi connectivity index (χ0n) is 11.1. The van der Waals surface area contributed by atoms with E-state index in [1.54, 1.807) is 0 Å². The first-order valence-electron chi connectivity index (χ1n) is 6.54. The Balaban J connectivity index is 1.99. The van der Waals surface area contributed by atoms with Crippen molar-refractivity contribution in [1.29, 1.82) is 0 Å².